The molecule has 0 bridgehead atoms. The number of Topliss-reactive ketones (excluding diaryl/α,β-unsaturated/α-hetero) is 1. The molecule has 0 aliphatic carbocycles. The summed E-state index contributed by atoms with van der Waals surface area (Å²) in [4.78, 5) is 27.4. The Balaban J connectivity index is 1.94. The fourth-order valence-electron chi connectivity index (χ4n) is 3.12. The number of methoxy groups -OCH3 is 1. The molecule has 158 valence electrons. The normalized spacial score (nSPS) is 12.0. The number of carbonyl (C=O) groups excluding carboxylic acids is 2. The van der Waals surface area contributed by atoms with Crippen molar-refractivity contribution in [2.45, 2.75) is 20.3 Å². The van der Waals surface area contributed by atoms with Crippen LogP contribution in [0.5, 0.6) is 0 Å². The third-order valence-electron chi connectivity index (χ3n) is 4.57. The minimum absolute atomic E-state index is 0.0567. The highest BCUT2D eigenvalue weighted by Gasteiger charge is 2.08. The molecule has 0 amide bonds. The maximum atomic E-state index is 11.6. The van der Waals surface area contributed by atoms with E-state index in [1.165, 1.54) is 14.0 Å². The molecule has 2 N–H and O–H groups in total. The molecular weight excluding hydrogens is 392 g/mol. The first kappa shape index (κ1) is 21.7. The summed E-state index contributed by atoms with van der Waals surface area (Å²) in [6.45, 7) is 7.53. The van der Waals surface area contributed by atoms with Crippen LogP contribution < -0.4 is 15.8 Å². The Labute approximate surface area is 180 Å². The molecule has 7 nitrogen and oxygen atoms in total. The van der Waals surface area contributed by atoms with Crippen LogP contribution >= 0.6 is 0 Å². The predicted octanol–water partition coefficient (Wildman–Crippen LogP) is 2.67. The molecule has 3 rings (SSSR count). The lowest BCUT2D eigenvalue weighted by Crippen LogP contribution is -2.27. The average molecular weight is 416 g/mol. The Morgan fingerprint density at radius 1 is 1.16 bits per heavy atom. The van der Waals surface area contributed by atoms with E-state index in [1.54, 1.807) is 24.4 Å². The predicted molar refractivity (Wildman–Crippen MR) is 122 cm³/mol. The summed E-state index contributed by atoms with van der Waals surface area (Å²) in [7, 11) is 1.36. The van der Waals surface area contributed by atoms with Crippen LogP contribution in [0.25, 0.3) is 23.5 Å². The van der Waals surface area contributed by atoms with E-state index in [2.05, 4.69) is 27.1 Å². The summed E-state index contributed by atoms with van der Waals surface area (Å²) < 4.78 is 4.74. The van der Waals surface area contributed by atoms with Gasteiger partial charge in [0.1, 0.15) is 11.6 Å². The summed E-state index contributed by atoms with van der Waals surface area (Å²) in [6.07, 6.45) is 1.98. The van der Waals surface area contributed by atoms with E-state index in [1.807, 2.05) is 37.3 Å². The van der Waals surface area contributed by atoms with Crippen LogP contribution in [-0.2, 0) is 16.0 Å². The Hall–Kier alpha value is -4.00. The molecule has 0 aliphatic rings. The first-order chi connectivity index (χ1) is 14.9. The van der Waals surface area contributed by atoms with Crippen molar-refractivity contribution in [3.05, 3.63) is 70.2 Å². The number of esters is 1. The van der Waals surface area contributed by atoms with Crippen molar-refractivity contribution in [3.63, 3.8) is 0 Å². The van der Waals surface area contributed by atoms with Crippen LogP contribution in [0.4, 0.5) is 5.82 Å². The zero-order chi connectivity index (χ0) is 22.4. The van der Waals surface area contributed by atoms with Crippen molar-refractivity contribution in [2.75, 3.05) is 12.4 Å². The maximum absolute atomic E-state index is 11.6. The zero-order valence-electron chi connectivity index (χ0n) is 17.7. The number of aromatic amines is 1. The smallest absolute Gasteiger partial charge is 0.337 e. The zero-order valence-corrected chi connectivity index (χ0v) is 17.7. The number of nitrogens with zero attached hydrogens (tertiary/aromatic N) is 2. The Bertz CT molecular complexity index is 1240. The molecule has 0 spiro atoms. The number of anilines is 1. The van der Waals surface area contributed by atoms with Gasteiger partial charge in [0.05, 0.1) is 12.7 Å². The molecule has 0 atom stereocenters. The van der Waals surface area contributed by atoms with Crippen molar-refractivity contribution < 1.29 is 14.3 Å². The van der Waals surface area contributed by atoms with E-state index >= 15 is 0 Å². The number of H-pyrrole nitrogens is 1. The average Bonchev–Trinajstić information content (AvgIpc) is 3.19. The lowest BCUT2D eigenvalue weighted by atomic mass is 10.0. The van der Waals surface area contributed by atoms with Gasteiger partial charge >= 0.3 is 5.97 Å². The van der Waals surface area contributed by atoms with Crippen LogP contribution in [0, 0.1) is 0 Å². The van der Waals surface area contributed by atoms with Gasteiger partial charge in [-0.15, -0.1) is 0 Å². The van der Waals surface area contributed by atoms with Crippen LogP contribution in [0.15, 0.2) is 53.5 Å². The second kappa shape index (κ2) is 9.67. The largest absolute Gasteiger partial charge is 0.465 e. The molecule has 0 fully saturated rings. The van der Waals surface area contributed by atoms with Crippen LogP contribution in [0.2, 0.25) is 0 Å². The molecule has 7 heteroatoms. The Morgan fingerprint density at radius 2 is 1.87 bits per heavy atom. The number of aliphatic imine (C=N–C) groups is 1. The second-order valence-corrected chi connectivity index (χ2v) is 6.96. The SMILES string of the molecule is C=c1cc(-c2ccc(C(=O)OC)cc2)cc/c1=C(/N=C\C)Nc1cc(CC(C)=O)[nH]n1. The molecule has 31 heavy (non-hydrogen) atoms. The summed E-state index contributed by atoms with van der Waals surface area (Å²) >= 11 is 0. The van der Waals surface area contributed by atoms with E-state index in [0.717, 1.165) is 27.3 Å². The van der Waals surface area contributed by atoms with E-state index in [-0.39, 0.29) is 11.8 Å². The van der Waals surface area contributed by atoms with E-state index in [0.29, 0.717) is 23.6 Å². The fraction of sp³-hybridized carbons (Fsp3) is 0.167. The number of benzene rings is 2. The standard InChI is InChI=1S/C24H24N4O3/c1-5-25-23(26-22-14-20(27-28-22)13-16(3)29)21-11-10-19(12-15(21)2)17-6-8-18(9-7-17)24(30)31-4/h5-12,14H,2,13H2,1,3-4H3,(H2,26,27,28)/b23-21+,25-5-. The molecule has 3 aromatic rings. The number of nitrogens with one attached hydrogen (secondary N) is 2. The lowest BCUT2D eigenvalue weighted by Gasteiger charge is -2.06. The lowest BCUT2D eigenvalue weighted by molar-refractivity contribution is -0.116. The molecular formula is C24H24N4O3. The minimum Gasteiger partial charge on any atom is -0.465 e. The number of carbonyl (C=O) groups is 2. The van der Waals surface area contributed by atoms with Crippen LogP contribution in [-0.4, -0.2) is 35.3 Å². The topological polar surface area (TPSA) is 96.4 Å². The van der Waals surface area contributed by atoms with Gasteiger partial charge in [0.2, 0.25) is 0 Å². The minimum atomic E-state index is -0.368. The maximum Gasteiger partial charge on any atom is 0.337 e. The van der Waals surface area contributed by atoms with Crippen molar-refractivity contribution in [3.8, 4) is 11.1 Å². The van der Waals surface area contributed by atoms with Crippen molar-refractivity contribution >= 4 is 36.2 Å². The van der Waals surface area contributed by atoms with Gasteiger partial charge in [-0.1, -0.05) is 30.8 Å². The second-order valence-electron chi connectivity index (χ2n) is 6.96. The number of rotatable bonds is 7. The molecule has 0 unspecified atom stereocenters. The highest BCUT2D eigenvalue weighted by molar-refractivity contribution is 5.90. The molecule has 0 saturated carbocycles. The summed E-state index contributed by atoms with van der Waals surface area (Å²) in [5.41, 5.74) is 3.15. The summed E-state index contributed by atoms with van der Waals surface area (Å²) in [6, 6.07) is 14.8. The number of ketones is 1. The van der Waals surface area contributed by atoms with E-state index < -0.39 is 0 Å². The van der Waals surface area contributed by atoms with Gasteiger partial charge in [0.15, 0.2) is 5.82 Å². The third-order valence-corrected chi connectivity index (χ3v) is 4.57. The first-order valence-corrected chi connectivity index (χ1v) is 9.72. The van der Waals surface area contributed by atoms with Gasteiger partial charge in [0.25, 0.3) is 0 Å². The van der Waals surface area contributed by atoms with Gasteiger partial charge in [-0.05, 0) is 48.4 Å². The monoisotopic (exact) mass is 416 g/mol. The molecule has 0 saturated heterocycles. The van der Waals surface area contributed by atoms with Gasteiger partial charge in [-0.2, -0.15) is 5.10 Å². The quantitative estimate of drug-likeness (QED) is 0.456. The van der Waals surface area contributed by atoms with Gasteiger partial charge in [0, 0.05) is 29.6 Å². The molecule has 0 aliphatic heterocycles. The molecule has 1 aromatic heterocycles. The number of hydrogen-bond donors (Lipinski definition) is 2. The fourth-order valence-corrected chi connectivity index (χ4v) is 3.12. The van der Waals surface area contributed by atoms with Crippen molar-refractivity contribution in [1.29, 1.82) is 0 Å². The van der Waals surface area contributed by atoms with E-state index in [4.69, 9.17) is 4.74 Å². The first-order valence-electron chi connectivity index (χ1n) is 9.72. The number of ether oxygens (including phenoxy) is 1. The number of aromatic nitrogens is 2. The Morgan fingerprint density at radius 3 is 2.48 bits per heavy atom. The van der Waals surface area contributed by atoms with Crippen molar-refractivity contribution in [1.82, 2.24) is 10.2 Å². The highest BCUT2D eigenvalue weighted by atomic mass is 16.5. The van der Waals surface area contributed by atoms with Crippen molar-refractivity contribution in [2.24, 2.45) is 4.99 Å². The van der Waals surface area contributed by atoms with Gasteiger partial charge in [-0.25, -0.2) is 9.79 Å². The van der Waals surface area contributed by atoms with Crippen LogP contribution in [0.1, 0.15) is 29.9 Å². The molecule has 1 heterocycles. The summed E-state index contributed by atoms with van der Waals surface area (Å²) in [5, 5.41) is 11.8. The highest BCUT2D eigenvalue weighted by Crippen LogP contribution is 2.18. The van der Waals surface area contributed by atoms with Gasteiger partial charge < -0.3 is 10.1 Å². The number of hydrogen-bond acceptors (Lipinski definition) is 6. The van der Waals surface area contributed by atoms with E-state index in [9.17, 15) is 9.59 Å². The molecule has 2 aromatic carbocycles. The van der Waals surface area contributed by atoms with Crippen LogP contribution in [0.3, 0.4) is 0 Å². The summed E-state index contributed by atoms with van der Waals surface area (Å²) in [5.74, 6) is 0.855. The third kappa shape index (κ3) is 5.33. The molecule has 0 radical (unpaired) electrons. The van der Waals surface area contributed by atoms with Gasteiger partial charge in [-0.3, -0.25) is 9.89 Å². The Kier molecular flexibility index (Phi) is 6.77.